The van der Waals surface area contributed by atoms with Crippen LogP contribution in [0.1, 0.15) is 75.5 Å². The van der Waals surface area contributed by atoms with Crippen LogP contribution in [-0.4, -0.2) is 48.2 Å². The van der Waals surface area contributed by atoms with Gasteiger partial charge in [0.25, 0.3) is 0 Å². The predicted molar refractivity (Wildman–Crippen MR) is 114 cm³/mol. The van der Waals surface area contributed by atoms with E-state index < -0.39 is 34.7 Å². The van der Waals surface area contributed by atoms with Gasteiger partial charge in [-0.3, -0.25) is 19.2 Å². The molecule has 0 heterocycles. The zero-order valence-electron chi connectivity index (χ0n) is 18.7. The summed E-state index contributed by atoms with van der Waals surface area (Å²) >= 11 is 0. The van der Waals surface area contributed by atoms with E-state index in [1.54, 1.807) is 20.8 Å². The van der Waals surface area contributed by atoms with Gasteiger partial charge in [0.1, 0.15) is 22.8 Å². The van der Waals surface area contributed by atoms with Crippen molar-refractivity contribution in [3.63, 3.8) is 0 Å². The highest BCUT2D eigenvalue weighted by molar-refractivity contribution is 6.31. The van der Waals surface area contributed by atoms with Crippen LogP contribution in [0.5, 0.6) is 17.2 Å². The minimum atomic E-state index is -0.762. The highest BCUT2D eigenvalue weighted by Crippen LogP contribution is 2.41. The summed E-state index contributed by atoms with van der Waals surface area (Å²) in [6.45, 7) is 6.29. The number of carbonyl (C=O) groups excluding carboxylic acids is 4. The number of aromatic hydroxyl groups is 1. The lowest BCUT2D eigenvalue weighted by molar-refractivity contribution is -0.153. The maximum absolute atomic E-state index is 13.3. The number of fused-ring (bicyclic) bond motifs is 2. The van der Waals surface area contributed by atoms with Gasteiger partial charge in [-0.05, 0) is 45.4 Å². The summed E-state index contributed by atoms with van der Waals surface area (Å²) < 4.78 is 15.8. The number of methoxy groups -OCH3 is 2. The number of rotatable bonds is 5. The normalized spacial score (nSPS) is 12.7. The van der Waals surface area contributed by atoms with Crippen molar-refractivity contribution < 1.29 is 38.5 Å². The lowest BCUT2D eigenvalue weighted by Gasteiger charge is -2.24. The van der Waals surface area contributed by atoms with Crippen LogP contribution in [-0.2, 0) is 16.0 Å². The molecule has 2 aromatic rings. The van der Waals surface area contributed by atoms with Gasteiger partial charge in [0, 0.05) is 17.2 Å². The van der Waals surface area contributed by atoms with Gasteiger partial charge in [0.15, 0.2) is 11.6 Å². The van der Waals surface area contributed by atoms with Crippen LogP contribution >= 0.6 is 0 Å². The van der Waals surface area contributed by atoms with Gasteiger partial charge >= 0.3 is 5.97 Å². The lowest BCUT2D eigenvalue weighted by Crippen LogP contribution is -2.26. The zero-order valence-corrected chi connectivity index (χ0v) is 18.7. The smallest absolute Gasteiger partial charge is 0.310 e. The van der Waals surface area contributed by atoms with Crippen molar-refractivity contribution in [1.29, 1.82) is 0 Å². The first-order chi connectivity index (χ1) is 14.9. The topological polar surface area (TPSA) is 116 Å². The van der Waals surface area contributed by atoms with Crippen molar-refractivity contribution in [1.82, 2.24) is 0 Å². The molecule has 32 heavy (non-hydrogen) atoms. The maximum Gasteiger partial charge on any atom is 0.310 e. The Labute approximate surface area is 185 Å². The third-order valence-electron chi connectivity index (χ3n) is 4.96. The molecule has 0 amide bonds. The molecule has 0 saturated heterocycles. The summed E-state index contributed by atoms with van der Waals surface area (Å²) in [5.74, 6) is -2.67. The Balaban J connectivity index is 2.24. The van der Waals surface area contributed by atoms with Gasteiger partial charge < -0.3 is 19.3 Å². The molecule has 1 N–H and O–H groups in total. The Morgan fingerprint density at radius 2 is 1.56 bits per heavy atom. The number of benzene rings is 2. The molecule has 0 aromatic heterocycles. The van der Waals surface area contributed by atoms with Gasteiger partial charge in [-0.25, -0.2) is 0 Å². The van der Waals surface area contributed by atoms with Crippen molar-refractivity contribution in [2.75, 3.05) is 14.2 Å². The van der Waals surface area contributed by atoms with Crippen LogP contribution in [0.3, 0.4) is 0 Å². The molecule has 2 aromatic carbocycles. The number of ketones is 3. The fraction of sp³-hybridized carbons (Fsp3) is 0.333. The zero-order chi connectivity index (χ0) is 24.0. The van der Waals surface area contributed by atoms with E-state index in [4.69, 9.17) is 14.2 Å². The van der Waals surface area contributed by atoms with E-state index in [2.05, 4.69) is 0 Å². The number of hydrogen-bond donors (Lipinski definition) is 1. The molecular formula is C24H24O8. The molecule has 0 spiro atoms. The largest absolute Gasteiger partial charge is 0.506 e. The van der Waals surface area contributed by atoms with E-state index in [1.807, 2.05) is 0 Å². The van der Waals surface area contributed by atoms with Gasteiger partial charge in [0.05, 0.1) is 37.3 Å². The van der Waals surface area contributed by atoms with Crippen molar-refractivity contribution in [2.45, 2.75) is 39.7 Å². The van der Waals surface area contributed by atoms with E-state index in [0.717, 1.165) is 0 Å². The summed E-state index contributed by atoms with van der Waals surface area (Å²) in [4.78, 5) is 51.4. The third-order valence-corrected chi connectivity index (χ3v) is 4.96. The fourth-order valence-corrected chi connectivity index (χ4v) is 3.75. The molecule has 1 aliphatic carbocycles. The van der Waals surface area contributed by atoms with Gasteiger partial charge in [-0.1, -0.05) is 0 Å². The fourth-order valence-electron chi connectivity index (χ4n) is 3.75. The second-order valence-corrected chi connectivity index (χ2v) is 8.41. The second-order valence-electron chi connectivity index (χ2n) is 8.41. The molecule has 3 rings (SSSR count). The number of esters is 1. The summed E-state index contributed by atoms with van der Waals surface area (Å²) in [5, 5.41) is 10.9. The molecule has 8 nitrogen and oxygen atoms in total. The average Bonchev–Trinajstić information content (AvgIpc) is 2.68. The number of carbonyl (C=O) groups is 4. The van der Waals surface area contributed by atoms with Gasteiger partial charge in [-0.2, -0.15) is 0 Å². The summed E-state index contributed by atoms with van der Waals surface area (Å²) in [6.07, 6.45) is -0.358. The summed E-state index contributed by atoms with van der Waals surface area (Å²) in [5.41, 5.74) is -1.27. The van der Waals surface area contributed by atoms with Crippen molar-refractivity contribution in [3.8, 4) is 17.2 Å². The standard InChI is InChI=1S/C24H24O8/c1-11(25)18-12(8-17(26)32-24(2,3)4)7-14-20(22(18)28)23(29)19-15(21(14)27)9-13(30-5)10-16(19)31-6/h7,9-10,28H,8H2,1-6H3. The van der Waals surface area contributed by atoms with Crippen LogP contribution in [0.15, 0.2) is 18.2 Å². The number of ether oxygens (including phenoxy) is 3. The van der Waals surface area contributed by atoms with E-state index in [-0.39, 0.29) is 45.6 Å². The van der Waals surface area contributed by atoms with Crippen LogP contribution in [0.2, 0.25) is 0 Å². The molecule has 8 heteroatoms. The van der Waals surface area contributed by atoms with Gasteiger partial charge in [-0.15, -0.1) is 0 Å². The first-order valence-corrected chi connectivity index (χ1v) is 9.86. The number of phenolic OH excluding ortho intramolecular Hbond substituents is 1. The molecular weight excluding hydrogens is 416 g/mol. The second kappa shape index (κ2) is 8.11. The van der Waals surface area contributed by atoms with Crippen molar-refractivity contribution in [2.24, 2.45) is 0 Å². The quantitative estimate of drug-likeness (QED) is 0.475. The monoisotopic (exact) mass is 440 g/mol. The van der Waals surface area contributed by atoms with Crippen LogP contribution < -0.4 is 9.47 Å². The number of hydrogen-bond acceptors (Lipinski definition) is 8. The maximum atomic E-state index is 13.3. The first-order valence-electron chi connectivity index (χ1n) is 9.86. The Bertz CT molecular complexity index is 1170. The molecule has 0 aliphatic heterocycles. The Kier molecular flexibility index (Phi) is 5.82. The van der Waals surface area contributed by atoms with Crippen molar-refractivity contribution >= 4 is 23.3 Å². The molecule has 0 saturated carbocycles. The van der Waals surface area contributed by atoms with E-state index in [1.165, 1.54) is 39.3 Å². The van der Waals surface area contributed by atoms with E-state index in [0.29, 0.717) is 5.75 Å². The Morgan fingerprint density at radius 3 is 2.09 bits per heavy atom. The van der Waals surface area contributed by atoms with Crippen LogP contribution in [0.25, 0.3) is 0 Å². The van der Waals surface area contributed by atoms with Gasteiger partial charge in [0.2, 0.25) is 5.78 Å². The molecule has 0 bridgehead atoms. The molecule has 0 fully saturated rings. The first kappa shape index (κ1) is 23.0. The van der Waals surface area contributed by atoms with E-state index in [9.17, 15) is 24.3 Å². The number of Topliss-reactive ketones (excluding diaryl/α,β-unsaturated/α-hetero) is 1. The minimum absolute atomic E-state index is 0.0319. The summed E-state index contributed by atoms with van der Waals surface area (Å²) in [6, 6.07) is 4.16. The Morgan fingerprint density at radius 1 is 0.938 bits per heavy atom. The highest BCUT2D eigenvalue weighted by atomic mass is 16.6. The summed E-state index contributed by atoms with van der Waals surface area (Å²) in [7, 11) is 2.75. The molecule has 0 atom stereocenters. The Hall–Kier alpha value is -3.68. The SMILES string of the molecule is COc1cc(OC)c2c(c1)C(=O)c1cc(CC(=O)OC(C)(C)C)c(C(C)=O)c(O)c1C2=O. The van der Waals surface area contributed by atoms with E-state index >= 15 is 0 Å². The van der Waals surface area contributed by atoms with Crippen LogP contribution in [0, 0.1) is 0 Å². The molecule has 168 valence electrons. The van der Waals surface area contributed by atoms with Crippen LogP contribution in [0.4, 0.5) is 0 Å². The highest BCUT2D eigenvalue weighted by Gasteiger charge is 2.38. The van der Waals surface area contributed by atoms with Crippen molar-refractivity contribution in [3.05, 3.63) is 51.6 Å². The molecule has 0 unspecified atom stereocenters. The predicted octanol–water partition coefficient (Wildman–Crippen LogP) is 3.27. The average molecular weight is 440 g/mol. The third kappa shape index (κ3) is 3.95. The number of phenols is 1. The molecule has 0 radical (unpaired) electrons. The lowest BCUT2D eigenvalue weighted by atomic mass is 9.80. The molecule has 1 aliphatic rings. The minimum Gasteiger partial charge on any atom is -0.506 e.